The molecule has 0 aliphatic heterocycles. The molecule has 1 aromatic heterocycles. The molecule has 0 atom stereocenters. The molecule has 0 fully saturated rings. The molecular weight excluding hydrogens is 367 g/mol. The van der Waals surface area contributed by atoms with E-state index < -0.39 is 11.7 Å². The predicted molar refractivity (Wildman–Crippen MR) is 88.6 cm³/mol. The lowest BCUT2D eigenvalue weighted by Crippen LogP contribution is -2.14. The normalized spacial score (nSPS) is 10.3. The number of hydrogen-bond donors (Lipinski definition) is 1. The van der Waals surface area contributed by atoms with Gasteiger partial charge in [0.15, 0.2) is 0 Å². The standard InChI is InChI=1S/C16H16BrFN2O3/c1-3-22-12-5-10(6-13(8-12)23-4-2)16(21)20-15-14(17)7-11(18)9-19-15/h5-9H,3-4H2,1-2H3,(H,19,20,21). The summed E-state index contributed by atoms with van der Waals surface area (Å²) < 4.78 is 24.3. The van der Waals surface area contributed by atoms with Crippen molar-refractivity contribution in [3.63, 3.8) is 0 Å². The molecule has 23 heavy (non-hydrogen) atoms. The van der Waals surface area contributed by atoms with Gasteiger partial charge >= 0.3 is 0 Å². The van der Waals surface area contributed by atoms with Gasteiger partial charge in [0.25, 0.3) is 5.91 Å². The van der Waals surface area contributed by atoms with Crippen LogP contribution in [-0.2, 0) is 0 Å². The number of nitrogens with one attached hydrogen (secondary N) is 1. The van der Waals surface area contributed by atoms with Crippen LogP contribution in [0.2, 0.25) is 0 Å². The maximum Gasteiger partial charge on any atom is 0.257 e. The van der Waals surface area contributed by atoms with E-state index >= 15 is 0 Å². The minimum absolute atomic E-state index is 0.233. The van der Waals surface area contributed by atoms with Crippen molar-refractivity contribution >= 4 is 27.7 Å². The number of benzene rings is 1. The molecule has 0 unspecified atom stereocenters. The number of rotatable bonds is 6. The van der Waals surface area contributed by atoms with Crippen LogP contribution in [0.25, 0.3) is 0 Å². The van der Waals surface area contributed by atoms with Crippen molar-refractivity contribution in [3.05, 3.63) is 46.3 Å². The van der Waals surface area contributed by atoms with Gasteiger partial charge < -0.3 is 14.8 Å². The van der Waals surface area contributed by atoms with Crippen molar-refractivity contribution in [2.24, 2.45) is 0 Å². The summed E-state index contributed by atoms with van der Waals surface area (Å²) in [5, 5.41) is 2.62. The molecule has 1 aromatic carbocycles. The summed E-state index contributed by atoms with van der Waals surface area (Å²) in [7, 11) is 0. The molecule has 0 saturated carbocycles. The molecule has 1 N–H and O–H groups in total. The summed E-state index contributed by atoms with van der Waals surface area (Å²) in [5.74, 6) is 0.416. The lowest BCUT2D eigenvalue weighted by Gasteiger charge is -2.11. The maximum atomic E-state index is 13.0. The first-order chi connectivity index (χ1) is 11.0. The second-order valence-corrected chi connectivity index (χ2v) is 5.35. The Morgan fingerprint density at radius 1 is 1.17 bits per heavy atom. The first kappa shape index (κ1) is 17.2. The summed E-state index contributed by atoms with van der Waals surface area (Å²) in [6.07, 6.45) is 1.03. The highest BCUT2D eigenvalue weighted by molar-refractivity contribution is 9.10. The fourth-order valence-corrected chi connectivity index (χ4v) is 2.31. The lowest BCUT2D eigenvalue weighted by molar-refractivity contribution is 0.102. The molecule has 7 heteroatoms. The van der Waals surface area contributed by atoms with Gasteiger partial charge in [-0.3, -0.25) is 4.79 Å². The summed E-state index contributed by atoms with van der Waals surface area (Å²) >= 11 is 3.16. The molecule has 0 aliphatic rings. The van der Waals surface area contributed by atoms with E-state index in [9.17, 15) is 9.18 Å². The smallest absolute Gasteiger partial charge is 0.257 e. The number of carbonyl (C=O) groups is 1. The highest BCUT2D eigenvalue weighted by atomic mass is 79.9. The average molecular weight is 383 g/mol. The fourth-order valence-electron chi connectivity index (χ4n) is 1.89. The molecule has 0 radical (unpaired) electrons. The zero-order chi connectivity index (χ0) is 16.8. The van der Waals surface area contributed by atoms with Gasteiger partial charge in [-0.2, -0.15) is 0 Å². The molecule has 1 heterocycles. The number of ether oxygens (including phenoxy) is 2. The minimum Gasteiger partial charge on any atom is -0.494 e. The Kier molecular flexibility index (Phi) is 5.92. The second kappa shape index (κ2) is 7.92. The largest absolute Gasteiger partial charge is 0.494 e. The number of amides is 1. The topological polar surface area (TPSA) is 60.5 Å². The summed E-state index contributed by atoms with van der Waals surface area (Å²) in [5.41, 5.74) is 0.359. The van der Waals surface area contributed by atoms with Crippen LogP contribution in [0.5, 0.6) is 11.5 Å². The Labute approximate surface area is 142 Å². The van der Waals surface area contributed by atoms with E-state index in [2.05, 4.69) is 26.2 Å². The van der Waals surface area contributed by atoms with E-state index in [-0.39, 0.29) is 5.82 Å². The van der Waals surface area contributed by atoms with Crippen molar-refractivity contribution in [1.82, 2.24) is 4.98 Å². The zero-order valence-corrected chi connectivity index (χ0v) is 14.3. The SMILES string of the molecule is CCOc1cc(OCC)cc(C(=O)Nc2ncc(F)cc2Br)c1. The quantitative estimate of drug-likeness (QED) is 0.818. The highest BCUT2D eigenvalue weighted by Gasteiger charge is 2.13. The summed E-state index contributed by atoms with van der Waals surface area (Å²) in [4.78, 5) is 16.2. The van der Waals surface area contributed by atoms with Crippen molar-refractivity contribution in [3.8, 4) is 11.5 Å². The van der Waals surface area contributed by atoms with E-state index in [1.165, 1.54) is 6.07 Å². The van der Waals surface area contributed by atoms with Crippen LogP contribution in [-0.4, -0.2) is 24.1 Å². The molecular formula is C16H16BrFN2O3. The fraction of sp³-hybridized carbons (Fsp3) is 0.250. The molecule has 0 aliphatic carbocycles. The van der Waals surface area contributed by atoms with Gasteiger partial charge in [0.1, 0.15) is 23.1 Å². The van der Waals surface area contributed by atoms with Gasteiger partial charge in [0.2, 0.25) is 0 Å². The maximum absolute atomic E-state index is 13.0. The Hall–Kier alpha value is -2.15. The molecule has 122 valence electrons. The van der Waals surface area contributed by atoms with Gasteiger partial charge in [-0.05, 0) is 48.0 Å². The Bertz CT molecular complexity index is 685. The minimum atomic E-state index is -0.494. The molecule has 0 saturated heterocycles. The van der Waals surface area contributed by atoms with Crippen LogP contribution < -0.4 is 14.8 Å². The van der Waals surface area contributed by atoms with Gasteiger partial charge in [-0.25, -0.2) is 9.37 Å². The van der Waals surface area contributed by atoms with E-state index in [0.717, 1.165) is 6.20 Å². The molecule has 0 spiro atoms. The van der Waals surface area contributed by atoms with Crippen LogP contribution in [0.1, 0.15) is 24.2 Å². The molecule has 0 bridgehead atoms. The van der Waals surface area contributed by atoms with Crippen molar-refractivity contribution in [2.75, 3.05) is 18.5 Å². The monoisotopic (exact) mass is 382 g/mol. The number of carbonyl (C=O) groups excluding carboxylic acids is 1. The third kappa shape index (κ3) is 4.66. The van der Waals surface area contributed by atoms with Gasteiger partial charge in [-0.15, -0.1) is 0 Å². The Balaban J connectivity index is 2.26. The first-order valence-corrected chi connectivity index (χ1v) is 7.85. The number of pyridine rings is 1. The third-order valence-electron chi connectivity index (χ3n) is 2.80. The Morgan fingerprint density at radius 2 is 1.78 bits per heavy atom. The van der Waals surface area contributed by atoms with Crippen molar-refractivity contribution < 1.29 is 18.7 Å². The third-order valence-corrected chi connectivity index (χ3v) is 3.41. The van der Waals surface area contributed by atoms with E-state index in [1.807, 2.05) is 13.8 Å². The van der Waals surface area contributed by atoms with Gasteiger partial charge in [-0.1, -0.05) is 0 Å². The summed E-state index contributed by atoms with van der Waals surface area (Å²) in [6, 6.07) is 6.16. The number of aromatic nitrogens is 1. The summed E-state index contributed by atoms with van der Waals surface area (Å²) in [6.45, 7) is 4.66. The average Bonchev–Trinajstić information content (AvgIpc) is 2.50. The second-order valence-electron chi connectivity index (χ2n) is 4.50. The van der Waals surface area contributed by atoms with Crippen LogP contribution in [0.15, 0.2) is 34.9 Å². The van der Waals surface area contributed by atoms with Gasteiger partial charge in [0.05, 0.1) is 23.9 Å². The van der Waals surface area contributed by atoms with E-state index in [4.69, 9.17) is 9.47 Å². The molecule has 2 rings (SSSR count). The lowest BCUT2D eigenvalue weighted by atomic mass is 10.2. The number of nitrogens with zero attached hydrogens (tertiary/aromatic N) is 1. The van der Waals surface area contributed by atoms with Crippen LogP contribution >= 0.6 is 15.9 Å². The van der Waals surface area contributed by atoms with Crippen LogP contribution in [0.4, 0.5) is 10.2 Å². The van der Waals surface area contributed by atoms with E-state index in [1.54, 1.807) is 18.2 Å². The molecule has 5 nitrogen and oxygen atoms in total. The van der Waals surface area contributed by atoms with E-state index in [0.29, 0.717) is 34.7 Å². The van der Waals surface area contributed by atoms with Crippen LogP contribution in [0.3, 0.4) is 0 Å². The predicted octanol–water partition coefficient (Wildman–Crippen LogP) is 4.03. The number of halogens is 2. The molecule has 2 aromatic rings. The van der Waals surface area contributed by atoms with Crippen LogP contribution in [0, 0.1) is 5.82 Å². The Morgan fingerprint density at radius 3 is 2.30 bits per heavy atom. The number of hydrogen-bond acceptors (Lipinski definition) is 4. The number of anilines is 1. The van der Waals surface area contributed by atoms with Crippen molar-refractivity contribution in [1.29, 1.82) is 0 Å². The molecule has 1 amide bonds. The first-order valence-electron chi connectivity index (χ1n) is 7.06. The van der Waals surface area contributed by atoms with Gasteiger partial charge in [0, 0.05) is 11.6 Å². The highest BCUT2D eigenvalue weighted by Crippen LogP contribution is 2.25. The van der Waals surface area contributed by atoms with Crippen molar-refractivity contribution in [2.45, 2.75) is 13.8 Å². The zero-order valence-electron chi connectivity index (χ0n) is 12.7.